The molecule has 1 aromatic rings. The number of hydrogen-bond acceptors (Lipinski definition) is 3. The van der Waals surface area contributed by atoms with Crippen LogP contribution in [0.2, 0.25) is 0 Å². The molecule has 118 valence electrons. The predicted octanol–water partition coefficient (Wildman–Crippen LogP) is 4.10. The average molecular weight is 289 g/mol. The van der Waals surface area contributed by atoms with Crippen LogP contribution >= 0.6 is 0 Å². The number of rotatable bonds is 5. The molecule has 0 amide bonds. The van der Waals surface area contributed by atoms with Gasteiger partial charge in [0.15, 0.2) is 0 Å². The minimum absolute atomic E-state index is 0.471. The van der Waals surface area contributed by atoms with Crippen molar-refractivity contribution in [2.45, 2.75) is 71.6 Å². The molecule has 3 atom stereocenters. The third-order valence-electron chi connectivity index (χ3n) is 5.07. The van der Waals surface area contributed by atoms with Crippen molar-refractivity contribution in [3.05, 3.63) is 22.8 Å². The zero-order chi connectivity index (χ0) is 15.4. The van der Waals surface area contributed by atoms with Crippen molar-refractivity contribution in [3.63, 3.8) is 0 Å². The van der Waals surface area contributed by atoms with E-state index in [-0.39, 0.29) is 0 Å². The first-order chi connectivity index (χ1) is 10.1. The van der Waals surface area contributed by atoms with Crippen molar-refractivity contribution in [2.75, 3.05) is 13.6 Å². The Labute approximate surface area is 130 Å². The van der Waals surface area contributed by atoms with Gasteiger partial charge < -0.3 is 5.32 Å². The Hall–Kier alpha value is -0.960. The maximum absolute atomic E-state index is 4.89. The molecule has 0 aliphatic heterocycles. The van der Waals surface area contributed by atoms with E-state index in [0.29, 0.717) is 11.8 Å². The van der Waals surface area contributed by atoms with Gasteiger partial charge in [-0.25, -0.2) is 9.97 Å². The van der Waals surface area contributed by atoms with Crippen molar-refractivity contribution in [1.82, 2.24) is 15.3 Å². The Bertz CT molecular complexity index is 447. The molecular formula is C18H31N3. The summed E-state index contributed by atoms with van der Waals surface area (Å²) in [6, 6.07) is 0. The maximum Gasteiger partial charge on any atom is 0.131 e. The van der Waals surface area contributed by atoms with E-state index in [1.165, 1.54) is 49.1 Å². The van der Waals surface area contributed by atoms with E-state index in [2.05, 4.69) is 33.0 Å². The Morgan fingerprint density at radius 1 is 1.19 bits per heavy atom. The van der Waals surface area contributed by atoms with Gasteiger partial charge in [0.1, 0.15) is 5.82 Å². The van der Waals surface area contributed by atoms with E-state index in [4.69, 9.17) is 9.97 Å². The molecule has 0 spiro atoms. The molecule has 1 heterocycles. The summed E-state index contributed by atoms with van der Waals surface area (Å²) in [4.78, 5) is 9.78. The highest BCUT2D eigenvalue weighted by Crippen LogP contribution is 2.36. The van der Waals surface area contributed by atoms with Crippen LogP contribution in [-0.4, -0.2) is 23.6 Å². The Balaban J connectivity index is 2.23. The summed E-state index contributed by atoms with van der Waals surface area (Å²) >= 11 is 0. The molecule has 21 heavy (non-hydrogen) atoms. The number of likely N-dealkylation sites (N-methyl/N-ethyl adjacent to an activating group) is 1. The lowest BCUT2D eigenvalue weighted by molar-refractivity contribution is 0.306. The normalized spacial score (nSPS) is 24.0. The van der Waals surface area contributed by atoms with Gasteiger partial charge in [-0.05, 0) is 51.1 Å². The van der Waals surface area contributed by atoms with Crippen LogP contribution in [-0.2, 0) is 0 Å². The van der Waals surface area contributed by atoms with Gasteiger partial charge in [0.2, 0.25) is 0 Å². The molecule has 0 radical (unpaired) electrons. The second-order valence-corrected chi connectivity index (χ2v) is 6.76. The van der Waals surface area contributed by atoms with Gasteiger partial charge in [0, 0.05) is 23.9 Å². The van der Waals surface area contributed by atoms with Gasteiger partial charge in [-0.1, -0.05) is 33.1 Å². The van der Waals surface area contributed by atoms with E-state index in [9.17, 15) is 0 Å². The molecule has 3 nitrogen and oxygen atoms in total. The highest BCUT2D eigenvalue weighted by Gasteiger charge is 2.25. The highest BCUT2D eigenvalue weighted by atomic mass is 14.9. The molecule has 0 bridgehead atoms. The van der Waals surface area contributed by atoms with Crippen molar-refractivity contribution < 1.29 is 0 Å². The zero-order valence-electron chi connectivity index (χ0n) is 14.4. The lowest BCUT2D eigenvalue weighted by Crippen LogP contribution is -2.20. The molecule has 1 N–H and O–H groups in total. The number of nitrogens with zero attached hydrogens (tertiary/aromatic N) is 2. The van der Waals surface area contributed by atoms with Crippen LogP contribution in [0.1, 0.15) is 80.6 Å². The highest BCUT2D eigenvalue weighted by molar-refractivity contribution is 5.29. The summed E-state index contributed by atoms with van der Waals surface area (Å²) in [5.41, 5.74) is 3.69. The standard InChI is InChI=1S/C18H31N3/c1-6-15-8-7-9-16(10-15)18-20-13(3)17(14(4)21-18)12(2)11-19-5/h12,15-16,19H,6-11H2,1-5H3. The minimum atomic E-state index is 0.471. The van der Waals surface area contributed by atoms with Crippen LogP contribution in [0.4, 0.5) is 0 Å². The predicted molar refractivity (Wildman–Crippen MR) is 88.8 cm³/mol. The van der Waals surface area contributed by atoms with Crippen molar-refractivity contribution in [3.8, 4) is 0 Å². The average Bonchev–Trinajstić information content (AvgIpc) is 2.47. The van der Waals surface area contributed by atoms with Gasteiger partial charge in [0.25, 0.3) is 0 Å². The molecule has 3 heteroatoms. The number of hydrogen-bond donors (Lipinski definition) is 1. The second kappa shape index (κ2) is 7.35. The van der Waals surface area contributed by atoms with Gasteiger partial charge >= 0.3 is 0 Å². The number of nitrogens with one attached hydrogen (secondary N) is 1. The molecular weight excluding hydrogens is 258 g/mol. The summed E-state index contributed by atoms with van der Waals surface area (Å²) < 4.78 is 0. The van der Waals surface area contributed by atoms with Gasteiger partial charge in [-0.15, -0.1) is 0 Å². The van der Waals surface area contributed by atoms with Crippen LogP contribution in [0, 0.1) is 19.8 Å². The lowest BCUT2D eigenvalue weighted by atomic mass is 9.79. The SMILES string of the molecule is CCC1CCCC(c2nc(C)c(C(C)CNC)c(C)n2)C1. The Morgan fingerprint density at radius 3 is 2.43 bits per heavy atom. The first kappa shape index (κ1) is 16.4. The van der Waals surface area contributed by atoms with Crippen LogP contribution in [0.5, 0.6) is 0 Å². The number of aryl methyl sites for hydroxylation is 2. The summed E-state index contributed by atoms with van der Waals surface area (Å²) in [7, 11) is 2.00. The number of aromatic nitrogens is 2. The van der Waals surface area contributed by atoms with E-state index in [1.807, 2.05) is 7.05 Å². The zero-order valence-corrected chi connectivity index (χ0v) is 14.4. The van der Waals surface area contributed by atoms with Crippen LogP contribution in [0.3, 0.4) is 0 Å². The fraction of sp³-hybridized carbons (Fsp3) is 0.778. The molecule has 1 aliphatic rings. The smallest absolute Gasteiger partial charge is 0.131 e. The van der Waals surface area contributed by atoms with Crippen molar-refractivity contribution in [2.24, 2.45) is 5.92 Å². The van der Waals surface area contributed by atoms with Crippen molar-refractivity contribution in [1.29, 1.82) is 0 Å². The topological polar surface area (TPSA) is 37.8 Å². The summed E-state index contributed by atoms with van der Waals surface area (Å²) in [5.74, 6) is 3.02. The fourth-order valence-corrected chi connectivity index (χ4v) is 3.95. The van der Waals surface area contributed by atoms with E-state index in [0.717, 1.165) is 18.3 Å². The molecule has 3 unspecified atom stereocenters. The minimum Gasteiger partial charge on any atom is -0.319 e. The third kappa shape index (κ3) is 3.82. The van der Waals surface area contributed by atoms with Crippen molar-refractivity contribution >= 4 is 0 Å². The molecule has 1 saturated carbocycles. The van der Waals surface area contributed by atoms with Gasteiger partial charge in [-0.2, -0.15) is 0 Å². The Kier molecular flexibility index (Phi) is 5.74. The first-order valence-electron chi connectivity index (χ1n) is 8.56. The van der Waals surface area contributed by atoms with Gasteiger partial charge in [-0.3, -0.25) is 0 Å². The summed E-state index contributed by atoms with van der Waals surface area (Å²) in [6.07, 6.45) is 6.57. The van der Waals surface area contributed by atoms with Crippen LogP contribution in [0.15, 0.2) is 0 Å². The quantitative estimate of drug-likeness (QED) is 0.887. The van der Waals surface area contributed by atoms with Crippen LogP contribution in [0.25, 0.3) is 0 Å². The fourth-order valence-electron chi connectivity index (χ4n) is 3.95. The van der Waals surface area contributed by atoms with Gasteiger partial charge in [0.05, 0.1) is 0 Å². The third-order valence-corrected chi connectivity index (χ3v) is 5.07. The summed E-state index contributed by atoms with van der Waals surface area (Å²) in [5, 5.41) is 3.26. The maximum atomic E-state index is 4.89. The van der Waals surface area contributed by atoms with E-state index >= 15 is 0 Å². The second-order valence-electron chi connectivity index (χ2n) is 6.76. The first-order valence-corrected chi connectivity index (χ1v) is 8.56. The van der Waals surface area contributed by atoms with E-state index in [1.54, 1.807) is 0 Å². The van der Waals surface area contributed by atoms with E-state index < -0.39 is 0 Å². The lowest BCUT2D eigenvalue weighted by Gasteiger charge is -2.28. The molecule has 1 aliphatic carbocycles. The monoisotopic (exact) mass is 289 g/mol. The molecule has 1 fully saturated rings. The molecule has 1 aromatic heterocycles. The molecule has 0 aromatic carbocycles. The molecule has 2 rings (SSSR count). The summed E-state index contributed by atoms with van der Waals surface area (Å²) in [6.45, 7) is 9.85. The Morgan fingerprint density at radius 2 is 1.86 bits per heavy atom. The van der Waals surface area contributed by atoms with Crippen LogP contribution < -0.4 is 5.32 Å². The largest absolute Gasteiger partial charge is 0.319 e. The molecule has 0 saturated heterocycles.